The fourth-order valence-electron chi connectivity index (χ4n) is 3.03. The van der Waals surface area contributed by atoms with Crippen LogP contribution in [0.15, 0.2) is 29.3 Å². The van der Waals surface area contributed by atoms with E-state index in [4.69, 9.17) is 4.74 Å². The van der Waals surface area contributed by atoms with Gasteiger partial charge in [0.1, 0.15) is 0 Å². The smallest absolute Gasteiger partial charge is 0.191 e. The van der Waals surface area contributed by atoms with Crippen molar-refractivity contribution in [2.24, 2.45) is 10.9 Å². The highest BCUT2D eigenvalue weighted by atomic mass is 127. The van der Waals surface area contributed by atoms with Gasteiger partial charge >= 0.3 is 0 Å². The molecule has 0 amide bonds. The minimum atomic E-state index is 0. The largest absolute Gasteiger partial charge is 0.379 e. The first-order valence-corrected chi connectivity index (χ1v) is 9.04. The lowest BCUT2D eigenvalue weighted by atomic mass is 10.1. The topological polar surface area (TPSA) is 48.9 Å². The summed E-state index contributed by atoms with van der Waals surface area (Å²) in [6, 6.07) is 8.57. The molecule has 25 heavy (non-hydrogen) atoms. The van der Waals surface area contributed by atoms with Crippen molar-refractivity contribution in [1.29, 1.82) is 0 Å². The zero-order valence-electron chi connectivity index (χ0n) is 15.8. The number of hydrogen-bond donors (Lipinski definition) is 2. The summed E-state index contributed by atoms with van der Waals surface area (Å²) < 4.78 is 5.40. The molecule has 1 atom stereocenters. The van der Waals surface area contributed by atoms with E-state index in [-0.39, 0.29) is 24.0 Å². The summed E-state index contributed by atoms with van der Waals surface area (Å²) in [7, 11) is 1.83. The molecule has 5 nitrogen and oxygen atoms in total. The Balaban J connectivity index is 0.00000312. The number of guanidine groups is 1. The first kappa shape index (κ1) is 22.2. The second-order valence-corrected chi connectivity index (χ2v) is 6.45. The molecule has 2 rings (SSSR count). The monoisotopic (exact) mass is 460 g/mol. The van der Waals surface area contributed by atoms with Crippen molar-refractivity contribution in [2.45, 2.75) is 26.8 Å². The standard InChI is InChI=1S/C19H32N4O.HI/c1-4-17-7-5-6-8-18(17)14-22-19(20-3)21-13-16(2)15-23-9-11-24-12-10-23;/h5-8,16H,4,9-15H2,1-3H3,(H2,20,21,22);1H. The summed E-state index contributed by atoms with van der Waals surface area (Å²) in [6.45, 7) is 11.1. The predicted octanol–water partition coefficient (Wildman–Crippen LogP) is 2.50. The normalized spacial score (nSPS) is 16.8. The van der Waals surface area contributed by atoms with E-state index in [0.717, 1.165) is 58.3 Å². The Labute approximate surface area is 169 Å². The summed E-state index contributed by atoms with van der Waals surface area (Å²) >= 11 is 0. The van der Waals surface area contributed by atoms with E-state index in [0.29, 0.717) is 5.92 Å². The van der Waals surface area contributed by atoms with Crippen LogP contribution in [-0.4, -0.2) is 57.3 Å². The average molecular weight is 460 g/mol. The van der Waals surface area contributed by atoms with Crippen molar-refractivity contribution >= 4 is 29.9 Å². The van der Waals surface area contributed by atoms with Crippen LogP contribution in [-0.2, 0) is 17.7 Å². The van der Waals surface area contributed by atoms with Crippen LogP contribution in [0, 0.1) is 5.92 Å². The van der Waals surface area contributed by atoms with E-state index < -0.39 is 0 Å². The molecule has 1 heterocycles. The third kappa shape index (κ3) is 7.92. The van der Waals surface area contributed by atoms with Gasteiger partial charge in [-0.15, -0.1) is 24.0 Å². The molecule has 1 aromatic rings. The van der Waals surface area contributed by atoms with Crippen LogP contribution < -0.4 is 10.6 Å². The van der Waals surface area contributed by atoms with Gasteiger partial charge < -0.3 is 15.4 Å². The zero-order chi connectivity index (χ0) is 17.2. The molecule has 0 saturated carbocycles. The average Bonchev–Trinajstić information content (AvgIpc) is 2.63. The van der Waals surface area contributed by atoms with Crippen LogP contribution in [0.25, 0.3) is 0 Å². The summed E-state index contributed by atoms with van der Waals surface area (Å²) in [5.74, 6) is 1.44. The number of morpholine rings is 1. The van der Waals surface area contributed by atoms with E-state index in [1.807, 2.05) is 7.05 Å². The molecule has 1 aromatic carbocycles. The molecular formula is C19H33IN4O. The Morgan fingerprint density at radius 1 is 1.20 bits per heavy atom. The molecule has 1 saturated heterocycles. The molecule has 1 unspecified atom stereocenters. The van der Waals surface area contributed by atoms with Gasteiger partial charge in [0.15, 0.2) is 5.96 Å². The van der Waals surface area contributed by atoms with Crippen LogP contribution >= 0.6 is 24.0 Å². The number of rotatable bonds is 7. The minimum Gasteiger partial charge on any atom is -0.379 e. The summed E-state index contributed by atoms with van der Waals surface area (Å²) in [5.41, 5.74) is 2.73. The first-order chi connectivity index (χ1) is 11.7. The second kappa shape index (κ2) is 12.5. The maximum absolute atomic E-state index is 5.40. The van der Waals surface area contributed by atoms with Crippen molar-refractivity contribution < 1.29 is 4.74 Å². The fourth-order valence-corrected chi connectivity index (χ4v) is 3.03. The van der Waals surface area contributed by atoms with Gasteiger partial charge in [-0.05, 0) is 23.5 Å². The Morgan fingerprint density at radius 3 is 2.52 bits per heavy atom. The van der Waals surface area contributed by atoms with E-state index in [2.05, 4.69) is 58.6 Å². The Kier molecular flexibility index (Phi) is 11.1. The number of aliphatic imine (C=N–C) groups is 1. The number of aryl methyl sites for hydroxylation is 1. The van der Waals surface area contributed by atoms with E-state index >= 15 is 0 Å². The maximum atomic E-state index is 5.40. The fraction of sp³-hybridized carbons (Fsp3) is 0.632. The van der Waals surface area contributed by atoms with E-state index in [1.54, 1.807) is 0 Å². The van der Waals surface area contributed by atoms with Crippen LogP contribution in [0.3, 0.4) is 0 Å². The van der Waals surface area contributed by atoms with Gasteiger partial charge in [0.25, 0.3) is 0 Å². The Bertz CT molecular complexity index is 518. The highest BCUT2D eigenvalue weighted by Gasteiger charge is 2.14. The summed E-state index contributed by atoms with van der Waals surface area (Å²) in [5, 5.41) is 6.87. The highest BCUT2D eigenvalue weighted by Crippen LogP contribution is 2.09. The molecule has 0 radical (unpaired) electrons. The van der Waals surface area contributed by atoms with E-state index in [1.165, 1.54) is 11.1 Å². The quantitative estimate of drug-likeness (QED) is 0.373. The van der Waals surface area contributed by atoms with Gasteiger partial charge in [0.05, 0.1) is 13.2 Å². The van der Waals surface area contributed by atoms with Gasteiger partial charge in [-0.2, -0.15) is 0 Å². The molecule has 6 heteroatoms. The molecular weight excluding hydrogens is 427 g/mol. The molecule has 0 bridgehead atoms. The number of halogens is 1. The van der Waals surface area contributed by atoms with Crippen molar-refractivity contribution in [1.82, 2.24) is 15.5 Å². The van der Waals surface area contributed by atoms with Crippen LogP contribution in [0.5, 0.6) is 0 Å². The second-order valence-electron chi connectivity index (χ2n) is 6.45. The zero-order valence-corrected chi connectivity index (χ0v) is 18.1. The lowest BCUT2D eigenvalue weighted by Crippen LogP contribution is -2.43. The van der Waals surface area contributed by atoms with Crippen molar-refractivity contribution in [3.05, 3.63) is 35.4 Å². The number of nitrogens with one attached hydrogen (secondary N) is 2. The predicted molar refractivity (Wildman–Crippen MR) is 116 cm³/mol. The van der Waals surface area contributed by atoms with Gasteiger partial charge in [0, 0.05) is 39.8 Å². The third-order valence-corrected chi connectivity index (χ3v) is 4.46. The summed E-state index contributed by atoms with van der Waals surface area (Å²) in [4.78, 5) is 6.81. The molecule has 0 aromatic heterocycles. The van der Waals surface area contributed by atoms with Gasteiger partial charge in [-0.25, -0.2) is 0 Å². The number of hydrogen-bond acceptors (Lipinski definition) is 3. The minimum absolute atomic E-state index is 0. The lowest BCUT2D eigenvalue weighted by Gasteiger charge is -2.29. The highest BCUT2D eigenvalue weighted by molar-refractivity contribution is 14.0. The number of ether oxygens (including phenoxy) is 1. The van der Waals surface area contributed by atoms with Crippen LogP contribution in [0.2, 0.25) is 0 Å². The lowest BCUT2D eigenvalue weighted by molar-refractivity contribution is 0.0320. The maximum Gasteiger partial charge on any atom is 0.191 e. The van der Waals surface area contributed by atoms with Crippen molar-refractivity contribution in [3.8, 4) is 0 Å². The molecule has 0 aliphatic carbocycles. The Morgan fingerprint density at radius 2 is 1.88 bits per heavy atom. The molecule has 142 valence electrons. The molecule has 0 spiro atoms. The third-order valence-electron chi connectivity index (χ3n) is 4.46. The Hall–Kier alpha value is -0.860. The van der Waals surface area contributed by atoms with Gasteiger partial charge in [-0.3, -0.25) is 9.89 Å². The molecule has 1 aliphatic heterocycles. The molecule has 1 fully saturated rings. The SMILES string of the molecule is CCc1ccccc1CNC(=NC)NCC(C)CN1CCOCC1.I. The van der Waals surface area contributed by atoms with Crippen LogP contribution in [0.4, 0.5) is 0 Å². The van der Waals surface area contributed by atoms with Crippen molar-refractivity contribution in [3.63, 3.8) is 0 Å². The number of benzene rings is 1. The summed E-state index contributed by atoms with van der Waals surface area (Å²) in [6.07, 6.45) is 1.06. The van der Waals surface area contributed by atoms with E-state index in [9.17, 15) is 0 Å². The van der Waals surface area contributed by atoms with Gasteiger partial charge in [-0.1, -0.05) is 38.1 Å². The first-order valence-electron chi connectivity index (χ1n) is 9.04. The van der Waals surface area contributed by atoms with Crippen molar-refractivity contribution in [2.75, 3.05) is 46.4 Å². The number of nitrogens with zero attached hydrogens (tertiary/aromatic N) is 2. The molecule has 2 N–H and O–H groups in total. The van der Waals surface area contributed by atoms with Crippen LogP contribution in [0.1, 0.15) is 25.0 Å². The molecule has 1 aliphatic rings. The van der Waals surface area contributed by atoms with Gasteiger partial charge in [0.2, 0.25) is 0 Å².